The predicted molar refractivity (Wildman–Crippen MR) is 46.1 cm³/mol. The third-order valence-corrected chi connectivity index (χ3v) is 1.59. The van der Waals surface area contributed by atoms with Crippen LogP contribution in [0.5, 0.6) is 0 Å². The monoisotopic (exact) mass is 163 g/mol. The molecule has 0 bridgehead atoms. The van der Waals surface area contributed by atoms with E-state index in [0.29, 0.717) is 5.02 Å². The average molecular weight is 164 g/mol. The molecule has 0 aromatic heterocycles. The van der Waals surface area contributed by atoms with Gasteiger partial charge in [0.05, 0.1) is 6.07 Å². The van der Waals surface area contributed by atoms with Crippen LogP contribution in [0.25, 0.3) is 6.08 Å². The van der Waals surface area contributed by atoms with Gasteiger partial charge in [0, 0.05) is 11.1 Å². The van der Waals surface area contributed by atoms with E-state index in [4.69, 9.17) is 16.9 Å². The molecule has 0 atom stereocenters. The van der Waals surface area contributed by atoms with Gasteiger partial charge in [0.2, 0.25) is 0 Å². The summed E-state index contributed by atoms with van der Waals surface area (Å²) in [4.78, 5) is 0. The van der Waals surface area contributed by atoms with E-state index in [9.17, 15) is 0 Å². The number of halogens is 1. The van der Waals surface area contributed by atoms with Gasteiger partial charge in [-0.15, -0.1) is 0 Å². The van der Waals surface area contributed by atoms with E-state index in [0.717, 1.165) is 5.56 Å². The molecule has 0 spiro atoms. The Labute approximate surface area is 70.5 Å². The topological polar surface area (TPSA) is 23.8 Å². The Morgan fingerprint density at radius 1 is 1.36 bits per heavy atom. The van der Waals surface area contributed by atoms with E-state index in [1.807, 2.05) is 24.3 Å². The van der Waals surface area contributed by atoms with E-state index >= 15 is 0 Å². The normalized spacial score (nSPS) is 9.82. The van der Waals surface area contributed by atoms with E-state index in [-0.39, 0.29) is 0 Å². The molecule has 0 aliphatic rings. The smallest absolute Gasteiger partial charge is 0.0912 e. The van der Waals surface area contributed by atoms with Gasteiger partial charge in [0.1, 0.15) is 0 Å². The van der Waals surface area contributed by atoms with Gasteiger partial charge in [0.25, 0.3) is 0 Å². The van der Waals surface area contributed by atoms with Crippen LogP contribution < -0.4 is 0 Å². The molecule has 0 fully saturated rings. The molecule has 0 N–H and O–H groups in total. The summed E-state index contributed by atoms with van der Waals surface area (Å²) in [5.74, 6) is 0. The number of nitrogens with zero attached hydrogens (tertiary/aromatic N) is 1. The molecule has 0 aliphatic carbocycles. The molecule has 0 saturated carbocycles. The second-order valence-corrected chi connectivity index (χ2v) is 2.39. The highest BCUT2D eigenvalue weighted by molar-refractivity contribution is 6.32. The quantitative estimate of drug-likeness (QED) is 0.584. The van der Waals surface area contributed by atoms with Crippen LogP contribution in [0.15, 0.2) is 30.3 Å². The highest BCUT2D eigenvalue weighted by atomic mass is 35.5. The summed E-state index contributed by atoms with van der Waals surface area (Å²) in [6.45, 7) is 0. The van der Waals surface area contributed by atoms with Crippen molar-refractivity contribution in [1.82, 2.24) is 0 Å². The first-order valence-electron chi connectivity index (χ1n) is 3.15. The van der Waals surface area contributed by atoms with E-state index in [1.54, 1.807) is 12.1 Å². The molecule has 0 heterocycles. The summed E-state index contributed by atoms with van der Waals surface area (Å²) in [5.41, 5.74) is 0.871. The Hall–Kier alpha value is -1.26. The lowest BCUT2D eigenvalue weighted by Crippen LogP contribution is -1.71. The fraction of sp³-hybridized carbons (Fsp3) is 0. The van der Waals surface area contributed by atoms with Crippen LogP contribution in [-0.4, -0.2) is 0 Å². The first-order valence-corrected chi connectivity index (χ1v) is 3.53. The highest BCUT2D eigenvalue weighted by Gasteiger charge is 1.91. The van der Waals surface area contributed by atoms with Crippen molar-refractivity contribution in [2.24, 2.45) is 0 Å². The summed E-state index contributed by atoms with van der Waals surface area (Å²) >= 11 is 5.80. The summed E-state index contributed by atoms with van der Waals surface area (Å²) in [6.07, 6.45) is 3.09. The second-order valence-electron chi connectivity index (χ2n) is 1.98. The first kappa shape index (κ1) is 7.84. The van der Waals surface area contributed by atoms with Gasteiger partial charge in [-0.1, -0.05) is 29.8 Å². The number of nitriles is 1. The molecule has 0 radical (unpaired) electrons. The lowest BCUT2D eigenvalue weighted by atomic mass is 10.2. The predicted octanol–water partition coefficient (Wildman–Crippen LogP) is 2.88. The van der Waals surface area contributed by atoms with Crippen LogP contribution >= 0.6 is 11.6 Å². The zero-order valence-corrected chi connectivity index (χ0v) is 6.55. The van der Waals surface area contributed by atoms with Gasteiger partial charge in [0.15, 0.2) is 0 Å². The minimum Gasteiger partial charge on any atom is -0.193 e. The highest BCUT2D eigenvalue weighted by Crippen LogP contribution is 2.15. The van der Waals surface area contributed by atoms with Crippen molar-refractivity contribution in [2.45, 2.75) is 0 Å². The molecular weight excluding hydrogens is 158 g/mol. The van der Waals surface area contributed by atoms with Gasteiger partial charge in [-0.2, -0.15) is 5.26 Å². The number of hydrogen-bond acceptors (Lipinski definition) is 1. The van der Waals surface area contributed by atoms with Gasteiger partial charge in [-0.3, -0.25) is 0 Å². The lowest BCUT2D eigenvalue weighted by Gasteiger charge is -1.93. The van der Waals surface area contributed by atoms with Gasteiger partial charge in [-0.05, 0) is 17.7 Å². The van der Waals surface area contributed by atoms with Crippen molar-refractivity contribution in [2.75, 3.05) is 0 Å². The van der Waals surface area contributed by atoms with Crippen LogP contribution in [0.1, 0.15) is 5.56 Å². The Bertz CT molecular complexity index is 310. The van der Waals surface area contributed by atoms with Crippen molar-refractivity contribution >= 4 is 17.7 Å². The molecule has 0 amide bonds. The minimum absolute atomic E-state index is 0.666. The van der Waals surface area contributed by atoms with Crippen molar-refractivity contribution in [3.05, 3.63) is 40.9 Å². The maximum atomic E-state index is 8.24. The third-order valence-electron chi connectivity index (χ3n) is 1.24. The SMILES string of the molecule is N#C/C=C\c1ccccc1Cl. The van der Waals surface area contributed by atoms with E-state index in [2.05, 4.69) is 0 Å². The van der Waals surface area contributed by atoms with Crippen molar-refractivity contribution < 1.29 is 0 Å². The fourth-order valence-electron chi connectivity index (χ4n) is 0.737. The van der Waals surface area contributed by atoms with E-state index in [1.165, 1.54) is 6.08 Å². The maximum Gasteiger partial charge on any atom is 0.0912 e. The van der Waals surface area contributed by atoms with Crippen molar-refractivity contribution in [3.63, 3.8) is 0 Å². The number of hydrogen-bond donors (Lipinski definition) is 0. The van der Waals surface area contributed by atoms with Gasteiger partial charge < -0.3 is 0 Å². The molecule has 0 unspecified atom stereocenters. The second kappa shape index (κ2) is 3.80. The van der Waals surface area contributed by atoms with Crippen LogP contribution in [0.2, 0.25) is 5.02 Å². The number of benzene rings is 1. The Morgan fingerprint density at radius 3 is 2.73 bits per heavy atom. The molecule has 1 nitrogen and oxygen atoms in total. The zero-order valence-electron chi connectivity index (χ0n) is 5.79. The summed E-state index contributed by atoms with van der Waals surface area (Å²) in [5, 5.41) is 8.90. The molecular formula is C9H6ClN. The molecule has 2 heteroatoms. The molecule has 0 saturated heterocycles. The molecule has 1 aromatic carbocycles. The Morgan fingerprint density at radius 2 is 2.09 bits per heavy atom. The minimum atomic E-state index is 0.666. The lowest BCUT2D eigenvalue weighted by molar-refractivity contribution is 1.54. The number of allylic oxidation sites excluding steroid dienone is 1. The Kier molecular flexibility index (Phi) is 2.71. The van der Waals surface area contributed by atoms with Gasteiger partial charge >= 0.3 is 0 Å². The summed E-state index contributed by atoms with van der Waals surface area (Å²) in [6, 6.07) is 9.28. The molecule has 1 rings (SSSR count). The average Bonchev–Trinajstić information content (AvgIpc) is 2.03. The first-order chi connectivity index (χ1) is 5.34. The van der Waals surface area contributed by atoms with Crippen molar-refractivity contribution in [3.8, 4) is 6.07 Å². The van der Waals surface area contributed by atoms with Crippen molar-refractivity contribution in [1.29, 1.82) is 5.26 Å². The number of rotatable bonds is 1. The molecule has 11 heavy (non-hydrogen) atoms. The van der Waals surface area contributed by atoms with Crippen LogP contribution in [0.3, 0.4) is 0 Å². The van der Waals surface area contributed by atoms with Crippen LogP contribution in [0, 0.1) is 11.3 Å². The summed E-state index contributed by atoms with van der Waals surface area (Å²) in [7, 11) is 0. The third kappa shape index (κ3) is 2.10. The zero-order chi connectivity index (χ0) is 8.10. The Balaban J connectivity index is 2.97. The molecule has 1 aromatic rings. The maximum absolute atomic E-state index is 8.24. The van der Waals surface area contributed by atoms with E-state index < -0.39 is 0 Å². The standard InChI is InChI=1S/C9H6ClN/c10-9-6-2-1-4-8(9)5-3-7-11/h1-6H/b5-3-. The van der Waals surface area contributed by atoms with Gasteiger partial charge in [-0.25, -0.2) is 0 Å². The van der Waals surface area contributed by atoms with Crippen LogP contribution in [-0.2, 0) is 0 Å². The largest absolute Gasteiger partial charge is 0.193 e. The molecule has 0 aliphatic heterocycles. The molecule has 54 valence electrons. The fourth-order valence-corrected chi connectivity index (χ4v) is 0.936. The van der Waals surface area contributed by atoms with Crippen LogP contribution in [0.4, 0.5) is 0 Å². The summed E-state index contributed by atoms with van der Waals surface area (Å²) < 4.78 is 0.